The molecule has 0 saturated heterocycles. The molecule has 4 nitrogen and oxygen atoms in total. The Bertz CT molecular complexity index is 628. The van der Waals surface area contributed by atoms with Gasteiger partial charge in [-0.1, -0.05) is 17.7 Å². The van der Waals surface area contributed by atoms with Gasteiger partial charge in [-0.15, -0.1) is 0 Å². The molecular weight excluding hydrogens is 274 g/mol. The van der Waals surface area contributed by atoms with Gasteiger partial charge < -0.3 is 10.6 Å². The number of carbonyl (C=O) groups excluding carboxylic acids is 1. The number of nitrogens with one attached hydrogen (secondary N) is 2. The summed E-state index contributed by atoms with van der Waals surface area (Å²) in [6.45, 7) is 4.67. The minimum absolute atomic E-state index is 0.211. The molecule has 1 amide bonds. The first-order valence-corrected chi connectivity index (χ1v) is 6.75. The molecule has 2 N–H and O–H groups in total. The molecule has 1 aromatic heterocycles. The molecule has 2 rings (SSSR count). The lowest BCUT2D eigenvalue weighted by molar-refractivity contribution is 0.102. The zero-order valence-corrected chi connectivity index (χ0v) is 12.2. The van der Waals surface area contributed by atoms with Crippen LogP contribution in [0.2, 0.25) is 5.02 Å². The molecule has 0 saturated carbocycles. The smallest absolute Gasteiger partial charge is 0.255 e. The largest absolute Gasteiger partial charge is 0.370 e. The van der Waals surface area contributed by atoms with Crippen molar-refractivity contribution in [1.29, 1.82) is 0 Å². The Morgan fingerprint density at radius 3 is 2.80 bits per heavy atom. The summed E-state index contributed by atoms with van der Waals surface area (Å²) in [5, 5.41) is 6.39. The number of halogens is 1. The van der Waals surface area contributed by atoms with Crippen LogP contribution in [0, 0.1) is 6.92 Å². The summed E-state index contributed by atoms with van der Waals surface area (Å²) in [4.78, 5) is 16.3. The molecule has 0 aliphatic heterocycles. The van der Waals surface area contributed by atoms with Crippen molar-refractivity contribution in [2.75, 3.05) is 17.2 Å². The van der Waals surface area contributed by atoms with Crippen molar-refractivity contribution in [1.82, 2.24) is 4.98 Å². The molecule has 104 valence electrons. The van der Waals surface area contributed by atoms with Gasteiger partial charge in [-0.05, 0) is 43.7 Å². The Balaban J connectivity index is 2.17. The first kappa shape index (κ1) is 14.3. The van der Waals surface area contributed by atoms with Crippen LogP contribution < -0.4 is 10.6 Å². The molecule has 0 spiro atoms. The Morgan fingerprint density at radius 1 is 1.30 bits per heavy atom. The van der Waals surface area contributed by atoms with Gasteiger partial charge in [0.15, 0.2) is 0 Å². The first-order valence-electron chi connectivity index (χ1n) is 6.37. The Morgan fingerprint density at radius 2 is 2.10 bits per heavy atom. The number of aromatic nitrogens is 1. The van der Waals surface area contributed by atoms with Gasteiger partial charge in [0.05, 0.1) is 10.7 Å². The highest BCUT2D eigenvalue weighted by atomic mass is 35.5. The highest BCUT2D eigenvalue weighted by molar-refractivity contribution is 6.34. The van der Waals surface area contributed by atoms with E-state index in [4.69, 9.17) is 11.6 Å². The summed E-state index contributed by atoms with van der Waals surface area (Å²) in [5.74, 6) is 0.465. The van der Waals surface area contributed by atoms with Gasteiger partial charge in [-0.2, -0.15) is 0 Å². The predicted molar refractivity (Wildman–Crippen MR) is 82.5 cm³/mol. The molecule has 1 heterocycles. The van der Waals surface area contributed by atoms with Crippen LogP contribution in [0.25, 0.3) is 0 Å². The molecule has 0 atom stereocenters. The molecule has 0 aliphatic rings. The number of anilines is 2. The third kappa shape index (κ3) is 3.48. The summed E-state index contributed by atoms with van der Waals surface area (Å²) in [6, 6.07) is 8.88. The molecule has 0 unspecified atom stereocenters. The zero-order chi connectivity index (χ0) is 14.5. The van der Waals surface area contributed by atoms with Gasteiger partial charge in [-0.25, -0.2) is 4.98 Å². The van der Waals surface area contributed by atoms with E-state index in [1.54, 1.807) is 24.4 Å². The molecule has 0 aliphatic carbocycles. The average molecular weight is 290 g/mol. The summed E-state index contributed by atoms with van der Waals surface area (Å²) in [7, 11) is 0. The lowest BCUT2D eigenvalue weighted by Gasteiger charge is -2.09. The number of nitrogens with zero attached hydrogens (tertiary/aromatic N) is 1. The number of rotatable bonds is 4. The van der Waals surface area contributed by atoms with Crippen LogP contribution in [0.5, 0.6) is 0 Å². The van der Waals surface area contributed by atoms with Crippen molar-refractivity contribution >= 4 is 29.0 Å². The van der Waals surface area contributed by atoms with Crippen molar-refractivity contribution < 1.29 is 4.79 Å². The standard InChI is InChI=1S/C15H16ClN3O/c1-3-17-14-9-11(6-7-18-14)15(20)19-13-5-4-10(2)8-12(13)16/h4-9H,3H2,1-2H3,(H,17,18)(H,19,20). The number of aryl methyl sites for hydroxylation is 1. The molecular formula is C15H16ClN3O. The second kappa shape index (κ2) is 6.39. The second-order valence-electron chi connectivity index (χ2n) is 4.40. The number of hydrogen-bond acceptors (Lipinski definition) is 3. The highest BCUT2D eigenvalue weighted by Gasteiger charge is 2.09. The number of hydrogen-bond donors (Lipinski definition) is 2. The Kier molecular flexibility index (Phi) is 4.58. The van der Waals surface area contributed by atoms with E-state index >= 15 is 0 Å². The van der Waals surface area contributed by atoms with E-state index in [1.165, 1.54) is 0 Å². The van der Waals surface area contributed by atoms with Crippen molar-refractivity contribution in [2.45, 2.75) is 13.8 Å². The molecule has 1 aromatic carbocycles. The van der Waals surface area contributed by atoms with Crippen LogP contribution in [0.3, 0.4) is 0 Å². The summed E-state index contributed by atoms with van der Waals surface area (Å²) < 4.78 is 0. The summed E-state index contributed by atoms with van der Waals surface area (Å²) in [5.41, 5.74) is 2.18. The number of amides is 1. The molecule has 0 bridgehead atoms. The summed E-state index contributed by atoms with van der Waals surface area (Å²) >= 11 is 6.10. The topological polar surface area (TPSA) is 54.0 Å². The molecule has 2 aromatic rings. The van der Waals surface area contributed by atoms with Crippen LogP contribution >= 0.6 is 11.6 Å². The monoisotopic (exact) mass is 289 g/mol. The third-order valence-electron chi connectivity index (χ3n) is 2.75. The number of carbonyl (C=O) groups is 1. The van der Waals surface area contributed by atoms with Crippen molar-refractivity contribution in [3.8, 4) is 0 Å². The maximum atomic E-state index is 12.2. The maximum absolute atomic E-state index is 12.2. The van der Waals surface area contributed by atoms with Crippen LogP contribution in [-0.2, 0) is 0 Å². The van der Waals surface area contributed by atoms with E-state index in [-0.39, 0.29) is 5.91 Å². The van der Waals surface area contributed by atoms with Crippen molar-refractivity contribution in [3.63, 3.8) is 0 Å². The van der Waals surface area contributed by atoms with Gasteiger partial charge in [-0.3, -0.25) is 4.79 Å². The van der Waals surface area contributed by atoms with Crippen LogP contribution in [0.15, 0.2) is 36.5 Å². The van der Waals surface area contributed by atoms with Gasteiger partial charge in [0.2, 0.25) is 0 Å². The van der Waals surface area contributed by atoms with Gasteiger partial charge in [0.1, 0.15) is 5.82 Å². The average Bonchev–Trinajstić information content (AvgIpc) is 2.42. The fourth-order valence-electron chi connectivity index (χ4n) is 1.77. The fraction of sp³-hybridized carbons (Fsp3) is 0.200. The number of pyridine rings is 1. The third-order valence-corrected chi connectivity index (χ3v) is 3.07. The van der Waals surface area contributed by atoms with Crippen molar-refractivity contribution in [3.05, 3.63) is 52.7 Å². The Hall–Kier alpha value is -2.07. The molecule has 0 radical (unpaired) electrons. The quantitative estimate of drug-likeness (QED) is 0.902. The van der Waals surface area contributed by atoms with Crippen molar-refractivity contribution in [2.24, 2.45) is 0 Å². The van der Waals surface area contributed by atoms with E-state index in [0.717, 1.165) is 12.1 Å². The van der Waals surface area contributed by atoms with Crippen LogP contribution in [0.4, 0.5) is 11.5 Å². The SMILES string of the molecule is CCNc1cc(C(=O)Nc2ccc(C)cc2Cl)ccn1. The van der Waals surface area contributed by atoms with Gasteiger partial charge in [0, 0.05) is 18.3 Å². The second-order valence-corrected chi connectivity index (χ2v) is 4.80. The Labute approximate surface area is 123 Å². The lowest BCUT2D eigenvalue weighted by Crippen LogP contribution is -2.13. The number of benzene rings is 1. The molecule has 5 heteroatoms. The molecule has 0 fully saturated rings. The van der Waals surface area contributed by atoms with Crippen LogP contribution in [-0.4, -0.2) is 17.4 Å². The minimum Gasteiger partial charge on any atom is -0.370 e. The van der Waals surface area contributed by atoms with E-state index in [2.05, 4.69) is 15.6 Å². The summed E-state index contributed by atoms with van der Waals surface area (Å²) in [6.07, 6.45) is 1.60. The van der Waals surface area contributed by atoms with Gasteiger partial charge >= 0.3 is 0 Å². The fourth-order valence-corrected chi connectivity index (χ4v) is 2.05. The predicted octanol–water partition coefficient (Wildman–Crippen LogP) is 3.73. The highest BCUT2D eigenvalue weighted by Crippen LogP contribution is 2.23. The minimum atomic E-state index is -0.211. The van der Waals surface area contributed by atoms with E-state index in [0.29, 0.717) is 22.1 Å². The lowest BCUT2D eigenvalue weighted by atomic mass is 10.2. The van der Waals surface area contributed by atoms with E-state index in [1.807, 2.05) is 26.0 Å². The molecule has 20 heavy (non-hydrogen) atoms. The van der Waals surface area contributed by atoms with Crippen LogP contribution in [0.1, 0.15) is 22.8 Å². The first-order chi connectivity index (χ1) is 9.60. The van der Waals surface area contributed by atoms with Gasteiger partial charge in [0.25, 0.3) is 5.91 Å². The maximum Gasteiger partial charge on any atom is 0.255 e. The van der Waals surface area contributed by atoms with E-state index in [9.17, 15) is 4.79 Å². The zero-order valence-electron chi connectivity index (χ0n) is 11.4. The van der Waals surface area contributed by atoms with E-state index < -0.39 is 0 Å². The normalized spacial score (nSPS) is 10.2.